The van der Waals surface area contributed by atoms with E-state index in [1.54, 1.807) is 13.3 Å². The Morgan fingerprint density at radius 1 is 1.07 bits per heavy atom. The monoisotopic (exact) mass is 390 g/mol. The molecule has 2 heterocycles. The van der Waals surface area contributed by atoms with E-state index in [4.69, 9.17) is 9.47 Å². The van der Waals surface area contributed by atoms with Crippen LogP contribution < -0.4 is 9.47 Å². The lowest BCUT2D eigenvalue weighted by Gasteiger charge is -2.32. The first-order valence-corrected chi connectivity index (χ1v) is 10.2. The van der Waals surface area contributed by atoms with Crippen molar-refractivity contribution >= 4 is 16.7 Å². The number of amides is 1. The fraction of sp³-hybridized carbons (Fsp3) is 0.333. The van der Waals surface area contributed by atoms with Crippen molar-refractivity contribution in [3.8, 4) is 22.8 Å². The van der Waals surface area contributed by atoms with Crippen LogP contribution in [0.3, 0.4) is 0 Å². The van der Waals surface area contributed by atoms with E-state index in [9.17, 15) is 4.79 Å². The Balaban J connectivity index is 1.43. The van der Waals surface area contributed by atoms with Gasteiger partial charge in [0.1, 0.15) is 11.9 Å². The maximum absolute atomic E-state index is 11.8. The van der Waals surface area contributed by atoms with E-state index in [0.717, 1.165) is 53.6 Å². The number of piperidine rings is 1. The van der Waals surface area contributed by atoms with E-state index in [1.165, 1.54) is 0 Å². The molecule has 0 aliphatic carbocycles. The third-order valence-electron chi connectivity index (χ3n) is 5.51. The Hall–Kier alpha value is -3.08. The Morgan fingerprint density at radius 3 is 2.48 bits per heavy atom. The van der Waals surface area contributed by atoms with Gasteiger partial charge in [-0.15, -0.1) is 0 Å². The first-order chi connectivity index (χ1) is 14.2. The third kappa shape index (κ3) is 4.19. The van der Waals surface area contributed by atoms with Crippen molar-refractivity contribution in [2.45, 2.75) is 32.3 Å². The lowest BCUT2D eigenvalue weighted by Crippen LogP contribution is -2.41. The standard InChI is InChI=1S/C24H26N2O3/c1-3-23(27)26-14-11-21(12-15-26)29-20-7-4-17(5-8-20)18-6-9-22-19(16-18)10-13-25-24(22)28-2/h4-10,13,16,21H,3,11-12,14-15H2,1-2H3. The number of methoxy groups -OCH3 is 1. The minimum absolute atomic E-state index is 0.169. The average molecular weight is 390 g/mol. The van der Waals surface area contributed by atoms with Crippen LogP contribution in [0.15, 0.2) is 54.7 Å². The van der Waals surface area contributed by atoms with E-state index in [0.29, 0.717) is 12.3 Å². The molecule has 0 saturated carbocycles. The summed E-state index contributed by atoms with van der Waals surface area (Å²) in [6.07, 6.45) is 4.27. The van der Waals surface area contributed by atoms with Gasteiger partial charge in [0.2, 0.25) is 11.8 Å². The van der Waals surface area contributed by atoms with Gasteiger partial charge in [-0.25, -0.2) is 4.98 Å². The first-order valence-electron chi connectivity index (χ1n) is 10.2. The Labute approximate surface area is 171 Å². The van der Waals surface area contributed by atoms with Crippen LogP contribution in [0.2, 0.25) is 0 Å². The molecule has 3 aromatic rings. The van der Waals surface area contributed by atoms with Crippen molar-refractivity contribution in [3.05, 3.63) is 54.7 Å². The zero-order valence-corrected chi connectivity index (χ0v) is 16.9. The third-order valence-corrected chi connectivity index (χ3v) is 5.51. The fourth-order valence-corrected chi connectivity index (χ4v) is 3.86. The van der Waals surface area contributed by atoms with Crippen molar-refractivity contribution in [2.24, 2.45) is 0 Å². The zero-order chi connectivity index (χ0) is 20.2. The largest absolute Gasteiger partial charge is 0.490 e. The molecule has 0 atom stereocenters. The smallest absolute Gasteiger partial charge is 0.222 e. The maximum atomic E-state index is 11.8. The average Bonchev–Trinajstić information content (AvgIpc) is 2.78. The molecule has 0 N–H and O–H groups in total. The molecule has 1 saturated heterocycles. The van der Waals surface area contributed by atoms with Gasteiger partial charge in [0.15, 0.2) is 0 Å². The molecule has 0 radical (unpaired) electrons. The fourth-order valence-electron chi connectivity index (χ4n) is 3.86. The maximum Gasteiger partial charge on any atom is 0.222 e. The highest BCUT2D eigenvalue weighted by molar-refractivity contribution is 5.90. The number of fused-ring (bicyclic) bond motifs is 1. The highest BCUT2D eigenvalue weighted by atomic mass is 16.5. The number of ether oxygens (including phenoxy) is 2. The summed E-state index contributed by atoms with van der Waals surface area (Å²) in [6.45, 7) is 3.48. The molecule has 0 unspecified atom stereocenters. The predicted octanol–water partition coefficient (Wildman–Crippen LogP) is 4.69. The van der Waals surface area contributed by atoms with Gasteiger partial charge in [0.25, 0.3) is 0 Å². The summed E-state index contributed by atoms with van der Waals surface area (Å²) in [7, 11) is 1.64. The van der Waals surface area contributed by atoms with Crippen LogP contribution in [-0.2, 0) is 4.79 Å². The first kappa shape index (κ1) is 19.2. The highest BCUT2D eigenvalue weighted by Crippen LogP contribution is 2.30. The van der Waals surface area contributed by atoms with Crippen molar-refractivity contribution in [3.63, 3.8) is 0 Å². The molecule has 1 aliphatic rings. The normalized spacial score (nSPS) is 14.8. The SMILES string of the molecule is CCC(=O)N1CCC(Oc2ccc(-c3ccc4c(OC)nccc4c3)cc2)CC1. The summed E-state index contributed by atoms with van der Waals surface area (Å²) in [5.41, 5.74) is 2.28. The van der Waals surface area contributed by atoms with Gasteiger partial charge in [-0.05, 0) is 46.8 Å². The number of hydrogen-bond acceptors (Lipinski definition) is 4. The van der Waals surface area contributed by atoms with Gasteiger partial charge in [0, 0.05) is 43.9 Å². The van der Waals surface area contributed by atoms with Crippen LogP contribution >= 0.6 is 0 Å². The number of benzene rings is 2. The summed E-state index contributed by atoms with van der Waals surface area (Å²) < 4.78 is 11.5. The number of aromatic nitrogens is 1. The molecule has 1 amide bonds. The number of nitrogens with zero attached hydrogens (tertiary/aromatic N) is 2. The summed E-state index contributed by atoms with van der Waals surface area (Å²) >= 11 is 0. The molecule has 2 aromatic carbocycles. The molecule has 29 heavy (non-hydrogen) atoms. The van der Waals surface area contributed by atoms with Crippen molar-refractivity contribution in [1.29, 1.82) is 0 Å². The van der Waals surface area contributed by atoms with Crippen LogP contribution in [0, 0.1) is 0 Å². The van der Waals surface area contributed by atoms with E-state index >= 15 is 0 Å². The second-order valence-electron chi connectivity index (χ2n) is 7.33. The van der Waals surface area contributed by atoms with Crippen LogP contribution in [0.1, 0.15) is 26.2 Å². The molecule has 1 fully saturated rings. The lowest BCUT2D eigenvalue weighted by atomic mass is 10.0. The van der Waals surface area contributed by atoms with Gasteiger partial charge >= 0.3 is 0 Å². The van der Waals surface area contributed by atoms with E-state index < -0.39 is 0 Å². The Morgan fingerprint density at radius 2 is 1.79 bits per heavy atom. The zero-order valence-electron chi connectivity index (χ0n) is 16.9. The van der Waals surface area contributed by atoms with Crippen molar-refractivity contribution in [2.75, 3.05) is 20.2 Å². The molecule has 5 heteroatoms. The van der Waals surface area contributed by atoms with Crippen LogP contribution in [0.5, 0.6) is 11.6 Å². The highest BCUT2D eigenvalue weighted by Gasteiger charge is 2.22. The minimum Gasteiger partial charge on any atom is -0.490 e. The van der Waals surface area contributed by atoms with Gasteiger partial charge in [-0.1, -0.05) is 25.1 Å². The van der Waals surface area contributed by atoms with E-state index in [-0.39, 0.29) is 12.0 Å². The van der Waals surface area contributed by atoms with Crippen molar-refractivity contribution in [1.82, 2.24) is 9.88 Å². The van der Waals surface area contributed by atoms with Crippen LogP contribution in [-0.4, -0.2) is 42.1 Å². The van der Waals surface area contributed by atoms with Gasteiger partial charge in [-0.2, -0.15) is 0 Å². The molecule has 150 valence electrons. The van der Waals surface area contributed by atoms with E-state index in [1.807, 2.05) is 36.1 Å². The number of hydrogen-bond donors (Lipinski definition) is 0. The molecular weight excluding hydrogens is 364 g/mol. The van der Waals surface area contributed by atoms with Gasteiger partial charge in [0.05, 0.1) is 7.11 Å². The molecular formula is C24H26N2O3. The Kier molecular flexibility index (Phi) is 5.65. The van der Waals surface area contributed by atoms with E-state index in [2.05, 4.69) is 29.2 Å². The summed E-state index contributed by atoms with van der Waals surface area (Å²) in [4.78, 5) is 18.0. The van der Waals surface area contributed by atoms with Crippen LogP contribution in [0.4, 0.5) is 0 Å². The van der Waals surface area contributed by atoms with Gasteiger partial charge in [-0.3, -0.25) is 4.79 Å². The summed E-state index contributed by atoms with van der Waals surface area (Å²) in [6, 6.07) is 16.5. The number of rotatable bonds is 5. The lowest BCUT2D eigenvalue weighted by molar-refractivity contribution is -0.132. The predicted molar refractivity (Wildman–Crippen MR) is 114 cm³/mol. The van der Waals surface area contributed by atoms with Gasteiger partial charge < -0.3 is 14.4 Å². The molecule has 1 aromatic heterocycles. The second kappa shape index (κ2) is 8.52. The molecule has 1 aliphatic heterocycles. The van der Waals surface area contributed by atoms with Crippen LogP contribution in [0.25, 0.3) is 21.9 Å². The molecule has 4 rings (SSSR count). The topological polar surface area (TPSA) is 51.7 Å². The summed E-state index contributed by atoms with van der Waals surface area (Å²) in [5.74, 6) is 1.75. The Bertz CT molecular complexity index is 993. The quantitative estimate of drug-likeness (QED) is 0.634. The van der Waals surface area contributed by atoms with Crippen molar-refractivity contribution < 1.29 is 14.3 Å². The second-order valence-corrected chi connectivity index (χ2v) is 7.33. The number of carbonyl (C=O) groups is 1. The molecule has 0 bridgehead atoms. The number of carbonyl (C=O) groups excluding carboxylic acids is 1. The summed E-state index contributed by atoms with van der Waals surface area (Å²) in [5, 5.41) is 2.11. The molecule has 5 nitrogen and oxygen atoms in total. The molecule has 0 spiro atoms. The number of likely N-dealkylation sites (tertiary alicyclic amines) is 1. The number of pyridine rings is 1. The minimum atomic E-state index is 0.169.